The first kappa shape index (κ1) is 15.3. The molecule has 1 atom stereocenters. The minimum absolute atomic E-state index is 0.0532. The molecule has 0 aliphatic carbocycles. The normalized spacial score (nSPS) is 23.0. The Kier molecular flexibility index (Phi) is 4.08. The van der Waals surface area contributed by atoms with Gasteiger partial charge in [-0.1, -0.05) is 19.1 Å². The SMILES string of the molecule is CCC1(CO)CCN(C(=O)C2Cc3cccc(F)c3O2)CC1. The van der Waals surface area contributed by atoms with Gasteiger partial charge in [-0.2, -0.15) is 0 Å². The lowest BCUT2D eigenvalue weighted by atomic mass is 9.77. The van der Waals surface area contributed by atoms with Crippen molar-refractivity contribution >= 4 is 5.91 Å². The quantitative estimate of drug-likeness (QED) is 0.931. The average Bonchev–Trinajstić information content (AvgIpc) is 3.00. The highest BCUT2D eigenvalue weighted by Crippen LogP contribution is 2.36. The first-order valence-corrected chi connectivity index (χ1v) is 7.92. The number of hydrogen-bond donors (Lipinski definition) is 1. The van der Waals surface area contributed by atoms with E-state index in [1.807, 2.05) is 0 Å². The number of nitrogens with zero attached hydrogens (tertiary/aromatic N) is 1. The van der Waals surface area contributed by atoms with Gasteiger partial charge in [-0.3, -0.25) is 4.79 Å². The minimum Gasteiger partial charge on any atom is -0.477 e. The average molecular weight is 307 g/mol. The zero-order valence-corrected chi connectivity index (χ0v) is 12.8. The molecule has 1 unspecified atom stereocenters. The van der Waals surface area contributed by atoms with E-state index in [1.54, 1.807) is 17.0 Å². The number of ether oxygens (including phenoxy) is 1. The van der Waals surface area contributed by atoms with Crippen LogP contribution in [0, 0.1) is 11.2 Å². The second kappa shape index (κ2) is 5.88. The predicted molar refractivity (Wildman–Crippen MR) is 80.1 cm³/mol. The van der Waals surface area contributed by atoms with Crippen LogP contribution in [0.5, 0.6) is 5.75 Å². The van der Waals surface area contributed by atoms with Gasteiger partial charge in [0.15, 0.2) is 17.7 Å². The molecule has 1 aromatic rings. The number of hydrogen-bond acceptors (Lipinski definition) is 3. The van der Waals surface area contributed by atoms with E-state index in [9.17, 15) is 14.3 Å². The minimum atomic E-state index is -0.616. The van der Waals surface area contributed by atoms with E-state index in [0.717, 1.165) is 24.8 Å². The van der Waals surface area contributed by atoms with Crippen molar-refractivity contribution in [3.63, 3.8) is 0 Å². The van der Waals surface area contributed by atoms with Crippen LogP contribution in [-0.4, -0.2) is 41.7 Å². The summed E-state index contributed by atoms with van der Waals surface area (Å²) in [7, 11) is 0. The standard InChI is InChI=1S/C17H22FNO3/c1-2-17(11-20)6-8-19(9-7-17)16(21)14-10-12-4-3-5-13(18)15(12)22-14/h3-5,14,20H,2,6-11H2,1H3. The van der Waals surface area contributed by atoms with Gasteiger partial charge in [0, 0.05) is 31.7 Å². The third-order valence-corrected chi connectivity index (χ3v) is 5.21. The van der Waals surface area contributed by atoms with Crippen LogP contribution in [0.1, 0.15) is 31.7 Å². The summed E-state index contributed by atoms with van der Waals surface area (Å²) >= 11 is 0. The maximum absolute atomic E-state index is 13.7. The van der Waals surface area contributed by atoms with Crippen molar-refractivity contribution in [1.82, 2.24) is 4.90 Å². The molecule has 4 nitrogen and oxygen atoms in total. The number of amides is 1. The van der Waals surface area contributed by atoms with Crippen LogP contribution in [0.15, 0.2) is 18.2 Å². The Balaban J connectivity index is 1.64. The number of benzene rings is 1. The fraction of sp³-hybridized carbons (Fsp3) is 0.588. The predicted octanol–water partition coefficient (Wildman–Crippen LogP) is 2.14. The molecule has 2 aliphatic heterocycles. The van der Waals surface area contributed by atoms with Gasteiger partial charge in [0.25, 0.3) is 5.91 Å². The molecule has 0 aromatic heterocycles. The molecular formula is C17H22FNO3. The monoisotopic (exact) mass is 307 g/mol. The van der Waals surface area contributed by atoms with E-state index < -0.39 is 11.9 Å². The largest absolute Gasteiger partial charge is 0.477 e. The van der Waals surface area contributed by atoms with Crippen molar-refractivity contribution in [3.05, 3.63) is 29.6 Å². The number of rotatable bonds is 3. The maximum atomic E-state index is 13.7. The van der Waals surface area contributed by atoms with Crippen LogP contribution in [-0.2, 0) is 11.2 Å². The molecule has 2 aliphatic rings. The van der Waals surface area contributed by atoms with Crippen molar-refractivity contribution in [2.45, 2.75) is 38.7 Å². The second-order valence-corrected chi connectivity index (χ2v) is 6.38. The summed E-state index contributed by atoms with van der Waals surface area (Å²) in [4.78, 5) is 14.4. The van der Waals surface area contributed by atoms with Crippen molar-refractivity contribution in [2.75, 3.05) is 19.7 Å². The van der Waals surface area contributed by atoms with Gasteiger partial charge in [0.1, 0.15) is 0 Å². The first-order valence-electron chi connectivity index (χ1n) is 7.92. The van der Waals surface area contributed by atoms with E-state index in [1.165, 1.54) is 6.07 Å². The maximum Gasteiger partial charge on any atom is 0.263 e. The molecule has 5 heteroatoms. The number of halogens is 1. The van der Waals surface area contributed by atoms with Crippen LogP contribution in [0.3, 0.4) is 0 Å². The van der Waals surface area contributed by atoms with Crippen molar-refractivity contribution in [3.8, 4) is 5.75 Å². The molecule has 2 heterocycles. The molecule has 0 radical (unpaired) electrons. The van der Waals surface area contributed by atoms with Crippen LogP contribution < -0.4 is 4.74 Å². The summed E-state index contributed by atoms with van der Waals surface area (Å²) in [5.41, 5.74) is 0.705. The van der Waals surface area contributed by atoms with Gasteiger partial charge >= 0.3 is 0 Å². The zero-order chi connectivity index (χ0) is 15.7. The van der Waals surface area contributed by atoms with E-state index >= 15 is 0 Å². The molecule has 120 valence electrons. The van der Waals surface area contributed by atoms with Crippen molar-refractivity contribution in [1.29, 1.82) is 0 Å². The Bertz CT molecular complexity index is 561. The highest BCUT2D eigenvalue weighted by Gasteiger charge is 2.38. The highest BCUT2D eigenvalue weighted by molar-refractivity contribution is 5.82. The summed E-state index contributed by atoms with van der Waals surface area (Å²) in [5, 5.41) is 9.56. The molecule has 0 bridgehead atoms. The summed E-state index contributed by atoms with van der Waals surface area (Å²) in [6.45, 7) is 3.51. The molecule has 22 heavy (non-hydrogen) atoms. The lowest BCUT2D eigenvalue weighted by molar-refractivity contribution is -0.141. The van der Waals surface area contributed by atoms with Crippen LogP contribution in [0.4, 0.5) is 4.39 Å². The van der Waals surface area contributed by atoms with Gasteiger partial charge in [-0.25, -0.2) is 4.39 Å². The van der Waals surface area contributed by atoms with Gasteiger partial charge in [0.2, 0.25) is 0 Å². The van der Waals surface area contributed by atoms with Crippen LogP contribution in [0.2, 0.25) is 0 Å². The number of aliphatic hydroxyl groups excluding tert-OH is 1. The Morgan fingerprint density at radius 2 is 2.18 bits per heavy atom. The fourth-order valence-electron chi connectivity index (χ4n) is 3.40. The molecule has 0 spiro atoms. The Morgan fingerprint density at radius 3 is 2.77 bits per heavy atom. The third-order valence-electron chi connectivity index (χ3n) is 5.21. The second-order valence-electron chi connectivity index (χ2n) is 6.38. The fourth-order valence-corrected chi connectivity index (χ4v) is 3.40. The van der Waals surface area contributed by atoms with Crippen LogP contribution >= 0.6 is 0 Å². The lowest BCUT2D eigenvalue weighted by Gasteiger charge is -2.40. The molecule has 0 saturated carbocycles. The number of likely N-dealkylation sites (tertiary alicyclic amines) is 1. The number of piperidine rings is 1. The Labute approximate surface area is 129 Å². The summed E-state index contributed by atoms with van der Waals surface area (Å²) in [6.07, 6.45) is 2.35. The molecule has 1 N–H and O–H groups in total. The van der Waals surface area contributed by atoms with Gasteiger partial charge in [0.05, 0.1) is 0 Å². The van der Waals surface area contributed by atoms with E-state index in [2.05, 4.69) is 6.92 Å². The Morgan fingerprint density at radius 1 is 1.45 bits per heavy atom. The zero-order valence-electron chi connectivity index (χ0n) is 12.8. The Hall–Kier alpha value is -1.62. The number of para-hydroxylation sites is 1. The molecular weight excluding hydrogens is 285 g/mol. The molecule has 1 aromatic carbocycles. The van der Waals surface area contributed by atoms with Crippen molar-refractivity contribution in [2.24, 2.45) is 5.41 Å². The molecule has 1 amide bonds. The summed E-state index contributed by atoms with van der Waals surface area (Å²) in [6, 6.07) is 4.79. The van der Waals surface area contributed by atoms with E-state index in [0.29, 0.717) is 19.5 Å². The lowest BCUT2D eigenvalue weighted by Crippen LogP contribution is -2.48. The number of carbonyl (C=O) groups excluding carboxylic acids is 1. The summed E-state index contributed by atoms with van der Waals surface area (Å²) in [5.74, 6) is -0.258. The number of carbonyl (C=O) groups is 1. The smallest absolute Gasteiger partial charge is 0.263 e. The molecule has 1 saturated heterocycles. The molecule has 1 fully saturated rings. The summed E-state index contributed by atoms with van der Waals surface area (Å²) < 4.78 is 19.2. The number of fused-ring (bicyclic) bond motifs is 1. The number of aliphatic hydroxyl groups is 1. The first-order chi connectivity index (χ1) is 10.6. The van der Waals surface area contributed by atoms with E-state index in [-0.39, 0.29) is 23.7 Å². The van der Waals surface area contributed by atoms with Crippen LogP contribution in [0.25, 0.3) is 0 Å². The van der Waals surface area contributed by atoms with E-state index in [4.69, 9.17) is 4.74 Å². The van der Waals surface area contributed by atoms with Gasteiger partial charge < -0.3 is 14.7 Å². The molecule has 3 rings (SSSR count). The third kappa shape index (κ3) is 2.58. The topological polar surface area (TPSA) is 49.8 Å². The highest BCUT2D eigenvalue weighted by atomic mass is 19.1. The van der Waals surface area contributed by atoms with Crippen molar-refractivity contribution < 1.29 is 19.0 Å². The van der Waals surface area contributed by atoms with Gasteiger partial charge in [-0.05, 0) is 30.7 Å². The van der Waals surface area contributed by atoms with Gasteiger partial charge in [-0.15, -0.1) is 0 Å².